The fraction of sp³-hybridized carbons (Fsp3) is 0.462. The minimum absolute atomic E-state index is 0.167. The third kappa shape index (κ3) is 4.00. The summed E-state index contributed by atoms with van der Waals surface area (Å²) in [5.41, 5.74) is 6.19. The number of amides is 1. The number of halogens is 1. The number of hydrogen-bond donors (Lipinski definition) is 1. The van der Waals surface area contributed by atoms with Crippen LogP contribution in [0.1, 0.15) is 12.5 Å². The molecule has 1 rings (SSSR count). The molecule has 0 aromatic heterocycles. The predicted molar refractivity (Wildman–Crippen MR) is 67.9 cm³/mol. The molecule has 0 heterocycles. The van der Waals surface area contributed by atoms with Crippen molar-refractivity contribution in [2.45, 2.75) is 19.4 Å². The van der Waals surface area contributed by atoms with Gasteiger partial charge in [0, 0.05) is 20.2 Å². The van der Waals surface area contributed by atoms with Crippen LogP contribution in [0.3, 0.4) is 0 Å². The number of carbonyl (C=O) groups excluding carboxylic acids is 1. The molecular formula is C13H19FN2O2. The van der Waals surface area contributed by atoms with Crippen molar-refractivity contribution in [3.63, 3.8) is 0 Å². The third-order valence-electron chi connectivity index (χ3n) is 2.47. The summed E-state index contributed by atoms with van der Waals surface area (Å²) in [7, 11) is 3.29. The summed E-state index contributed by atoms with van der Waals surface area (Å²) < 4.78 is 18.8. The first kappa shape index (κ1) is 14.4. The standard InChI is InChI=1S/C13H19FN2O2/c1-9(13(17)16(2)3)18-12-7-10(4-5-15)6-11(14)8-12/h6-9H,4-5,15H2,1-3H3. The van der Waals surface area contributed by atoms with E-state index >= 15 is 0 Å². The van der Waals surface area contributed by atoms with Crippen molar-refractivity contribution >= 4 is 5.91 Å². The average Bonchev–Trinajstić information content (AvgIpc) is 2.27. The summed E-state index contributed by atoms with van der Waals surface area (Å²) in [5.74, 6) is -0.207. The van der Waals surface area contributed by atoms with Gasteiger partial charge in [-0.3, -0.25) is 4.79 Å². The van der Waals surface area contributed by atoms with Crippen LogP contribution in [-0.4, -0.2) is 37.6 Å². The zero-order valence-corrected chi connectivity index (χ0v) is 10.9. The second-order valence-electron chi connectivity index (χ2n) is 4.33. The summed E-state index contributed by atoms with van der Waals surface area (Å²) in [6.07, 6.45) is -0.0723. The minimum Gasteiger partial charge on any atom is -0.481 e. The number of nitrogens with zero attached hydrogens (tertiary/aromatic N) is 1. The molecule has 1 atom stereocenters. The summed E-state index contributed by atoms with van der Waals surface area (Å²) in [5, 5.41) is 0. The zero-order chi connectivity index (χ0) is 13.7. The molecule has 0 spiro atoms. The van der Waals surface area contributed by atoms with Crippen molar-refractivity contribution in [2.75, 3.05) is 20.6 Å². The van der Waals surface area contributed by atoms with Gasteiger partial charge in [-0.1, -0.05) is 0 Å². The summed E-state index contributed by atoms with van der Waals surface area (Å²) in [6.45, 7) is 2.07. The van der Waals surface area contributed by atoms with Gasteiger partial charge in [-0.2, -0.15) is 0 Å². The lowest BCUT2D eigenvalue weighted by molar-refractivity contribution is -0.135. The lowest BCUT2D eigenvalue weighted by Gasteiger charge is -2.18. The fourth-order valence-electron chi connectivity index (χ4n) is 1.62. The molecule has 2 N–H and O–H groups in total. The molecule has 1 amide bonds. The molecular weight excluding hydrogens is 235 g/mol. The Bertz CT molecular complexity index is 421. The highest BCUT2D eigenvalue weighted by atomic mass is 19.1. The van der Waals surface area contributed by atoms with Crippen LogP contribution in [0.4, 0.5) is 4.39 Å². The first-order valence-corrected chi connectivity index (χ1v) is 5.81. The van der Waals surface area contributed by atoms with Crippen LogP contribution in [0.15, 0.2) is 18.2 Å². The topological polar surface area (TPSA) is 55.6 Å². The van der Waals surface area contributed by atoms with Gasteiger partial charge in [0.25, 0.3) is 5.91 Å². The first-order chi connectivity index (χ1) is 8.43. The molecule has 0 aliphatic rings. The number of ether oxygens (including phenoxy) is 1. The van der Waals surface area contributed by atoms with Crippen LogP contribution in [0.2, 0.25) is 0 Å². The SMILES string of the molecule is CC(Oc1cc(F)cc(CCN)c1)C(=O)N(C)C. The first-order valence-electron chi connectivity index (χ1n) is 5.81. The van der Waals surface area contributed by atoms with Gasteiger partial charge in [-0.05, 0) is 37.6 Å². The van der Waals surface area contributed by atoms with Crippen LogP contribution in [-0.2, 0) is 11.2 Å². The molecule has 0 fully saturated rings. The van der Waals surface area contributed by atoms with Gasteiger partial charge >= 0.3 is 0 Å². The van der Waals surface area contributed by atoms with E-state index in [0.717, 1.165) is 5.56 Å². The average molecular weight is 254 g/mol. The maximum absolute atomic E-state index is 13.3. The van der Waals surface area contributed by atoms with Crippen LogP contribution in [0, 0.1) is 5.82 Å². The molecule has 5 heteroatoms. The quantitative estimate of drug-likeness (QED) is 0.858. The number of rotatable bonds is 5. The van der Waals surface area contributed by atoms with E-state index < -0.39 is 6.10 Å². The molecule has 0 aliphatic heterocycles. The maximum Gasteiger partial charge on any atom is 0.262 e. The minimum atomic E-state index is -0.646. The Morgan fingerprint density at radius 1 is 1.44 bits per heavy atom. The van der Waals surface area contributed by atoms with Crippen molar-refractivity contribution < 1.29 is 13.9 Å². The van der Waals surface area contributed by atoms with E-state index in [1.165, 1.54) is 17.0 Å². The normalized spacial score (nSPS) is 12.1. The molecule has 1 aromatic rings. The molecule has 18 heavy (non-hydrogen) atoms. The van der Waals surface area contributed by atoms with Gasteiger partial charge in [0.2, 0.25) is 0 Å². The molecule has 0 radical (unpaired) electrons. The third-order valence-corrected chi connectivity index (χ3v) is 2.47. The van der Waals surface area contributed by atoms with Crippen molar-refractivity contribution in [1.29, 1.82) is 0 Å². The molecule has 1 aromatic carbocycles. The van der Waals surface area contributed by atoms with Gasteiger partial charge in [-0.25, -0.2) is 4.39 Å². The van der Waals surface area contributed by atoms with E-state index in [9.17, 15) is 9.18 Å². The highest BCUT2D eigenvalue weighted by molar-refractivity contribution is 5.80. The number of hydrogen-bond acceptors (Lipinski definition) is 3. The number of carbonyl (C=O) groups is 1. The molecule has 100 valence electrons. The monoisotopic (exact) mass is 254 g/mol. The maximum atomic E-state index is 13.3. The molecule has 4 nitrogen and oxygen atoms in total. The molecule has 0 aliphatic carbocycles. The fourth-order valence-corrected chi connectivity index (χ4v) is 1.62. The predicted octanol–water partition coefficient (Wildman–Crippen LogP) is 1.18. The van der Waals surface area contributed by atoms with Crippen LogP contribution >= 0.6 is 0 Å². The number of likely N-dealkylation sites (N-methyl/N-ethyl adjacent to an activating group) is 1. The number of benzene rings is 1. The van der Waals surface area contributed by atoms with E-state index in [1.807, 2.05) is 0 Å². The van der Waals surface area contributed by atoms with Crippen molar-refractivity contribution in [3.8, 4) is 5.75 Å². The summed E-state index contributed by atoms with van der Waals surface area (Å²) in [4.78, 5) is 13.1. The highest BCUT2D eigenvalue weighted by Gasteiger charge is 2.16. The van der Waals surface area contributed by atoms with E-state index in [0.29, 0.717) is 18.7 Å². The van der Waals surface area contributed by atoms with Gasteiger partial charge in [-0.15, -0.1) is 0 Å². The number of nitrogens with two attached hydrogens (primary N) is 1. The Balaban J connectivity index is 2.80. The molecule has 0 bridgehead atoms. The Morgan fingerprint density at radius 2 is 2.11 bits per heavy atom. The van der Waals surface area contributed by atoms with Crippen molar-refractivity contribution in [3.05, 3.63) is 29.6 Å². The van der Waals surface area contributed by atoms with Crippen LogP contribution < -0.4 is 10.5 Å². The summed E-state index contributed by atoms with van der Waals surface area (Å²) in [6, 6.07) is 4.38. The van der Waals surface area contributed by atoms with E-state index in [-0.39, 0.29) is 11.7 Å². The van der Waals surface area contributed by atoms with Crippen molar-refractivity contribution in [2.24, 2.45) is 5.73 Å². The van der Waals surface area contributed by atoms with Crippen molar-refractivity contribution in [1.82, 2.24) is 4.90 Å². The van der Waals surface area contributed by atoms with E-state index in [1.54, 1.807) is 27.1 Å². The van der Waals surface area contributed by atoms with Gasteiger partial charge < -0.3 is 15.4 Å². The zero-order valence-electron chi connectivity index (χ0n) is 10.9. The van der Waals surface area contributed by atoms with Gasteiger partial charge in [0.05, 0.1) is 0 Å². The van der Waals surface area contributed by atoms with E-state index in [4.69, 9.17) is 10.5 Å². The smallest absolute Gasteiger partial charge is 0.262 e. The second-order valence-corrected chi connectivity index (χ2v) is 4.33. The lowest BCUT2D eigenvalue weighted by Crippen LogP contribution is -2.35. The highest BCUT2D eigenvalue weighted by Crippen LogP contribution is 2.18. The Labute approximate surface area is 107 Å². The Kier molecular flexibility index (Phi) is 5.09. The largest absolute Gasteiger partial charge is 0.481 e. The van der Waals surface area contributed by atoms with Gasteiger partial charge in [0.15, 0.2) is 6.10 Å². The summed E-state index contributed by atoms with van der Waals surface area (Å²) >= 11 is 0. The van der Waals surface area contributed by atoms with E-state index in [2.05, 4.69) is 0 Å². The lowest BCUT2D eigenvalue weighted by atomic mass is 10.1. The van der Waals surface area contributed by atoms with Gasteiger partial charge in [0.1, 0.15) is 11.6 Å². The van der Waals surface area contributed by atoms with Crippen LogP contribution in [0.5, 0.6) is 5.75 Å². The molecule has 0 saturated carbocycles. The Hall–Kier alpha value is -1.62. The second kappa shape index (κ2) is 6.35. The van der Waals surface area contributed by atoms with Crippen LogP contribution in [0.25, 0.3) is 0 Å². The Morgan fingerprint density at radius 3 is 2.67 bits per heavy atom. The molecule has 1 unspecified atom stereocenters. The molecule has 0 saturated heterocycles.